The molecule has 1 aliphatic rings. The van der Waals surface area contributed by atoms with Gasteiger partial charge in [-0.3, -0.25) is 4.98 Å². The largest absolute Gasteiger partial charge is 0.465 e. The predicted molar refractivity (Wildman–Crippen MR) is 122 cm³/mol. The molecule has 2 aromatic rings. The molecule has 0 saturated heterocycles. The summed E-state index contributed by atoms with van der Waals surface area (Å²) in [5, 5.41) is 3.38. The molecule has 6 nitrogen and oxygen atoms in total. The fourth-order valence-electron chi connectivity index (χ4n) is 3.84. The van der Waals surface area contributed by atoms with Crippen LogP contribution < -0.4 is 10.1 Å². The number of aryl methyl sites for hydroxylation is 1. The summed E-state index contributed by atoms with van der Waals surface area (Å²) in [6.45, 7) is 8.61. The van der Waals surface area contributed by atoms with Crippen molar-refractivity contribution in [3.63, 3.8) is 0 Å². The Morgan fingerprint density at radius 3 is 2.94 bits per heavy atom. The van der Waals surface area contributed by atoms with E-state index in [1.807, 2.05) is 38.1 Å². The molecule has 0 radical (unpaired) electrons. The van der Waals surface area contributed by atoms with Gasteiger partial charge in [-0.1, -0.05) is 18.7 Å². The van der Waals surface area contributed by atoms with E-state index >= 15 is 0 Å². The SMILES string of the molecule is C=CC1=C(/C=C(\C)Oc2cccc(C)n2)CCCC1CNc1cnccc1C(=O)OC. The van der Waals surface area contributed by atoms with Gasteiger partial charge in [-0.25, -0.2) is 9.78 Å². The molecule has 0 spiro atoms. The first kappa shape index (κ1) is 22.3. The van der Waals surface area contributed by atoms with Crippen LogP contribution in [0.15, 0.2) is 72.3 Å². The van der Waals surface area contributed by atoms with E-state index < -0.39 is 0 Å². The number of hydrogen-bond acceptors (Lipinski definition) is 6. The summed E-state index contributed by atoms with van der Waals surface area (Å²) in [5.41, 5.74) is 4.49. The number of anilines is 1. The Hall–Kier alpha value is -3.41. The number of carbonyl (C=O) groups excluding carboxylic acids is 1. The molecule has 0 saturated carbocycles. The van der Waals surface area contributed by atoms with Crippen LogP contribution >= 0.6 is 0 Å². The molecule has 1 unspecified atom stereocenters. The van der Waals surface area contributed by atoms with Crippen molar-refractivity contribution in [2.45, 2.75) is 33.1 Å². The second kappa shape index (κ2) is 10.6. The number of nitrogens with one attached hydrogen (secondary N) is 1. The molecule has 162 valence electrons. The summed E-state index contributed by atoms with van der Waals surface area (Å²) in [5.74, 6) is 1.28. The molecule has 0 bridgehead atoms. The van der Waals surface area contributed by atoms with Gasteiger partial charge in [0.2, 0.25) is 5.88 Å². The molecule has 3 rings (SSSR count). The Bertz CT molecular complexity index is 1010. The molecule has 0 amide bonds. The molecular formula is C25H29N3O3. The zero-order chi connectivity index (χ0) is 22.2. The van der Waals surface area contributed by atoms with Gasteiger partial charge in [0.15, 0.2) is 0 Å². The van der Waals surface area contributed by atoms with Crippen molar-refractivity contribution in [3.8, 4) is 5.88 Å². The molecule has 0 aliphatic heterocycles. The number of nitrogens with zero attached hydrogens (tertiary/aromatic N) is 2. The molecule has 0 aromatic carbocycles. The second-order valence-electron chi connectivity index (χ2n) is 7.54. The van der Waals surface area contributed by atoms with Gasteiger partial charge in [0.1, 0.15) is 5.76 Å². The summed E-state index contributed by atoms with van der Waals surface area (Å²) in [6.07, 6.45) is 10.3. The van der Waals surface area contributed by atoms with Gasteiger partial charge in [-0.05, 0) is 62.5 Å². The molecule has 6 heteroatoms. The fourth-order valence-corrected chi connectivity index (χ4v) is 3.84. The lowest BCUT2D eigenvalue weighted by Gasteiger charge is -2.27. The first-order chi connectivity index (χ1) is 15.0. The average molecular weight is 420 g/mol. The topological polar surface area (TPSA) is 73.3 Å². The number of ether oxygens (including phenoxy) is 2. The van der Waals surface area contributed by atoms with Crippen molar-refractivity contribution in [2.24, 2.45) is 5.92 Å². The highest BCUT2D eigenvalue weighted by molar-refractivity contribution is 5.95. The van der Waals surface area contributed by atoms with Crippen LogP contribution in [-0.2, 0) is 4.74 Å². The summed E-state index contributed by atoms with van der Waals surface area (Å²) < 4.78 is 10.8. The van der Waals surface area contributed by atoms with Gasteiger partial charge >= 0.3 is 5.97 Å². The standard InChI is InChI=1S/C25H29N3O3/c1-5-21-19(14-18(3)31-24-11-6-8-17(2)28-24)9-7-10-20(21)15-27-23-16-26-13-12-22(23)25(29)30-4/h5-6,8,11-14,16,20,27H,1,7,9-10,15H2,2-4H3/b18-14+. The highest BCUT2D eigenvalue weighted by Crippen LogP contribution is 2.33. The minimum Gasteiger partial charge on any atom is -0.465 e. The predicted octanol–water partition coefficient (Wildman–Crippen LogP) is 5.25. The highest BCUT2D eigenvalue weighted by atomic mass is 16.5. The van der Waals surface area contributed by atoms with Crippen LogP contribution in [0, 0.1) is 12.8 Å². The maximum Gasteiger partial charge on any atom is 0.340 e. The van der Waals surface area contributed by atoms with Gasteiger partial charge in [-0.2, -0.15) is 0 Å². The third kappa shape index (κ3) is 5.81. The van der Waals surface area contributed by atoms with Crippen LogP contribution in [0.25, 0.3) is 0 Å². The van der Waals surface area contributed by atoms with Crippen LogP contribution in [-0.4, -0.2) is 29.6 Å². The van der Waals surface area contributed by atoms with Crippen LogP contribution in [0.4, 0.5) is 5.69 Å². The van der Waals surface area contributed by atoms with E-state index in [1.54, 1.807) is 18.5 Å². The molecular weight excluding hydrogens is 390 g/mol. The van der Waals surface area contributed by atoms with Crippen LogP contribution in [0.2, 0.25) is 0 Å². The average Bonchev–Trinajstić information content (AvgIpc) is 2.77. The Morgan fingerprint density at radius 2 is 2.19 bits per heavy atom. The van der Waals surface area contributed by atoms with Crippen molar-refractivity contribution >= 4 is 11.7 Å². The van der Waals surface area contributed by atoms with E-state index in [0.29, 0.717) is 23.7 Å². The van der Waals surface area contributed by atoms with Gasteiger partial charge < -0.3 is 14.8 Å². The third-order valence-corrected chi connectivity index (χ3v) is 5.30. The summed E-state index contributed by atoms with van der Waals surface area (Å²) in [7, 11) is 1.38. The van der Waals surface area contributed by atoms with Crippen LogP contribution in [0.1, 0.15) is 42.2 Å². The number of methoxy groups -OCH3 is 1. The van der Waals surface area contributed by atoms with E-state index in [0.717, 1.165) is 30.7 Å². The number of allylic oxidation sites excluding steroid dienone is 4. The number of aromatic nitrogens is 2. The van der Waals surface area contributed by atoms with E-state index in [9.17, 15) is 4.79 Å². The minimum absolute atomic E-state index is 0.271. The van der Waals surface area contributed by atoms with E-state index in [2.05, 4.69) is 27.9 Å². The van der Waals surface area contributed by atoms with Crippen molar-refractivity contribution < 1.29 is 14.3 Å². The number of rotatable bonds is 8. The lowest BCUT2D eigenvalue weighted by atomic mass is 9.82. The molecule has 2 heterocycles. The molecule has 0 fully saturated rings. The van der Waals surface area contributed by atoms with E-state index in [-0.39, 0.29) is 11.9 Å². The lowest BCUT2D eigenvalue weighted by molar-refractivity contribution is 0.0601. The summed E-state index contributed by atoms with van der Waals surface area (Å²) >= 11 is 0. The van der Waals surface area contributed by atoms with Crippen LogP contribution in [0.5, 0.6) is 5.88 Å². The summed E-state index contributed by atoms with van der Waals surface area (Å²) in [4.78, 5) is 20.5. The zero-order valence-electron chi connectivity index (χ0n) is 18.4. The maximum absolute atomic E-state index is 12.0. The Labute approximate surface area is 183 Å². The Kier molecular flexibility index (Phi) is 7.60. The zero-order valence-corrected chi connectivity index (χ0v) is 18.4. The summed E-state index contributed by atoms with van der Waals surface area (Å²) in [6, 6.07) is 7.39. The maximum atomic E-state index is 12.0. The minimum atomic E-state index is -0.380. The monoisotopic (exact) mass is 419 g/mol. The van der Waals surface area contributed by atoms with E-state index in [1.165, 1.54) is 18.3 Å². The fraction of sp³-hybridized carbons (Fsp3) is 0.320. The van der Waals surface area contributed by atoms with Gasteiger partial charge in [0, 0.05) is 30.4 Å². The number of carbonyl (C=O) groups is 1. The van der Waals surface area contributed by atoms with Crippen molar-refractivity contribution in [1.82, 2.24) is 9.97 Å². The quantitative estimate of drug-likeness (QED) is 0.465. The van der Waals surface area contributed by atoms with Crippen LogP contribution in [0.3, 0.4) is 0 Å². The first-order valence-corrected chi connectivity index (χ1v) is 10.4. The Morgan fingerprint density at radius 1 is 1.35 bits per heavy atom. The third-order valence-electron chi connectivity index (χ3n) is 5.30. The van der Waals surface area contributed by atoms with Gasteiger partial charge in [0.25, 0.3) is 0 Å². The lowest BCUT2D eigenvalue weighted by Crippen LogP contribution is -2.21. The molecule has 1 N–H and O–H groups in total. The highest BCUT2D eigenvalue weighted by Gasteiger charge is 2.21. The number of esters is 1. The van der Waals surface area contributed by atoms with Gasteiger partial charge in [-0.15, -0.1) is 0 Å². The number of pyridine rings is 2. The molecule has 2 aromatic heterocycles. The van der Waals surface area contributed by atoms with E-state index in [4.69, 9.17) is 9.47 Å². The Balaban J connectivity index is 1.76. The van der Waals surface area contributed by atoms with Gasteiger partial charge in [0.05, 0.1) is 24.6 Å². The first-order valence-electron chi connectivity index (χ1n) is 10.4. The van der Waals surface area contributed by atoms with Crippen molar-refractivity contribution in [3.05, 3.63) is 83.6 Å². The molecule has 31 heavy (non-hydrogen) atoms. The second-order valence-corrected chi connectivity index (χ2v) is 7.54. The molecule has 1 atom stereocenters. The van der Waals surface area contributed by atoms with Crippen molar-refractivity contribution in [1.29, 1.82) is 0 Å². The van der Waals surface area contributed by atoms with Crippen molar-refractivity contribution in [2.75, 3.05) is 19.0 Å². The normalized spacial score (nSPS) is 16.6. The smallest absolute Gasteiger partial charge is 0.340 e. The molecule has 1 aliphatic carbocycles. The number of hydrogen-bond donors (Lipinski definition) is 1.